The zero-order chi connectivity index (χ0) is 21.0. The van der Waals surface area contributed by atoms with Crippen molar-refractivity contribution < 1.29 is 9.59 Å². The highest BCUT2D eigenvalue weighted by Gasteiger charge is 2.20. The van der Waals surface area contributed by atoms with Crippen molar-refractivity contribution in [2.24, 2.45) is 0 Å². The zero-order valence-electron chi connectivity index (χ0n) is 16.6. The minimum Gasteiger partial charge on any atom is -0.326 e. The van der Waals surface area contributed by atoms with Gasteiger partial charge in [-0.2, -0.15) is 5.10 Å². The average Bonchev–Trinajstić information content (AvgIpc) is 2.98. The van der Waals surface area contributed by atoms with Crippen molar-refractivity contribution in [1.82, 2.24) is 9.78 Å². The first kappa shape index (κ1) is 20.6. The van der Waals surface area contributed by atoms with E-state index in [1.165, 1.54) is 5.56 Å². The van der Waals surface area contributed by atoms with Crippen LogP contribution in [0.5, 0.6) is 0 Å². The van der Waals surface area contributed by atoms with Crippen LogP contribution in [-0.4, -0.2) is 21.6 Å². The van der Waals surface area contributed by atoms with E-state index >= 15 is 0 Å². The number of amides is 2. The Hall–Kier alpha value is -3.12. The summed E-state index contributed by atoms with van der Waals surface area (Å²) in [6, 6.07) is 15.0. The van der Waals surface area contributed by atoms with Gasteiger partial charge in [0.25, 0.3) is 5.91 Å². The van der Waals surface area contributed by atoms with Crippen LogP contribution in [0.3, 0.4) is 0 Å². The molecule has 0 bridgehead atoms. The molecule has 3 rings (SSSR count). The van der Waals surface area contributed by atoms with Crippen molar-refractivity contribution in [2.75, 3.05) is 10.6 Å². The molecule has 150 valence electrons. The summed E-state index contributed by atoms with van der Waals surface area (Å²) in [5.41, 5.74) is 4.42. The first-order valence-electron chi connectivity index (χ1n) is 9.37. The molecular formula is C22H23ClN4O2. The van der Waals surface area contributed by atoms with E-state index in [4.69, 9.17) is 11.6 Å². The number of aromatic nitrogens is 2. The number of nitrogens with zero attached hydrogens (tertiary/aromatic N) is 2. The van der Waals surface area contributed by atoms with E-state index in [1.54, 1.807) is 42.8 Å². The van der Waals surface area contributed by atoms with Crippen molar-refractivity contribution in [1.29, 1.82) is 0 Å². The SMILES string of the molecule is CCC(=O)Nc1ccc(NC(=O)c2c(C)nn(Cc3ccc(C)cc3)c2Cl)cc1. The Labute approximate surface area is 174 Å². The number of anilines is 2. The maximum absolute atomic E-state index is 12.8. The van der Waals surface area contributed by atoms with Gasteiger partial charge in [0.2, 0.25) is 5.91 Å². The van der Waals surface area contributed by atoms with Gasteiger partial charge in [-0.3, -0.25) is 9.59 Å². The Morgan fingerprint density at radius 1 is 0.966 bits per heavy atom. The lowest BCUT2D eigenvalue weighted by molar-refractivity contribution is -0.115. The molecule has 29 heavy (non-hydrogen) atoms. The van der Waals surface area contributed by atoms with E-state index in [9.17, 15) is 9.59 Å². The molecule has 2 aromatic carbocycles. The first-order chi connectivity index (χ1) is 13.9. The smallest absolute Gasteiger partial charge is 0.260 e. The number of carbonyl (C=O) groups excluding carboxylic acids is 2. The van der Waals surface area contributed by atoms with Crippen LogP contribution < -0.4 is 10.6 Å². The second-order valence-corrected chi connectivity index (χ2v) is 7.19. The molecule has 0 saturated heterocycles. The van der Waals surface area contributed by atoms with Crippen molar-refractivity contribution in [2.45, 2.75) is 33.7 Å². The first-order valence-corrected chi connectivity index (χ1v) is 9.75. The number of aryl methyl sites for hydroxylation is 2. The summed E-state index contributed by atoms with van der Waals surface area (Å²) < 4.78 is 1.62. The Bertz CT molecular complexity index is 1020. The molecule has 0 radical (unpaired) electrons. The van der Waals surface area contributed by atoms with Gasteiger partial charge in [-0.25, -0.2) is 4.68 Å². The van der Waals surface area contributed by atoms with Gasteiger partial charge < -0.3 is 10.6 Å². The second kappa shape index (κ2) is 8.92. The van der Waals surface area contributed by atoms with Gasteiger partial charge in [-0.1, -0.05) is 48.4 Å². The van der Waals surface area contributed by atoms with Gasteiger partial charge in [0.15, 0.2) is 0 Å². The zero-order valence-corrected chi connectivity index (χ0v) is 17.4. The third kappa shape index (κ3) is 5.03. The van der Waals surface area contributed by atoms with Crippen LogP contribution >= 0.6 is 11.6 Å². The van der Waals surface area contributed by atoms with Crippen LogP contribution in [0, 0.1) is 13.8 Å². The van der Waals surface area contributed by atoms with Crippen molar-refractivity contribution in [3.63, 3.8) is 0 Å². The molecule has 0 saturated carbocycles. The number of halogens is 1. The topological polar surface area (TPSA) is 76.0 Å². The van der Waals surface area contributed by atoms with E-state index in [0.717, 1.165) is 5.56 Å². The lowest BCUT2D eigenvalue weighted by Crippen LogP contribution is -2.13. The lowest BCUT2D eigenvalue weighted by Gasteiger charge is -2.08. The maximum Gasteiger partial charge on any atom is 0.260 e. The molecule has 7 heteroatoms. The Balaban J connectivity index is 1.73. The largest absolute Gasteiger partial charge is 0.326 e. The third-order valence-electron chi connectivity index (χ3n) is 4.49. The average molecular weight is 411 g/mol. The fourth-order valence-electron chi connectivity index (χ4n) is 2.86. The minimum absolute atomic E-state index is 0.0646. The van der Waals surface area contributed by atoms with Gasteiger partial charge in [0.05, 0.1) is 17.8 Å². The summed E-state index contributed by atoms with van der Waals surface area (Å²) in [7, 11) is 0. The molecule has 2 amide bonds. The van der Waals surface area contributed by atoms with Crippen LogP contribution in [0.4, 0.5) is 11.4 Å². The van der Waals surface area contributed by atoms with E-state index in [1.807, 2.05) is 31.2 Å². The standard InChI is InChI=1S/C22H23ClN4O2/c1-4-19(28)24-17-9-11-18(12-10-17)25-22(29)20-15(3)26-27(21(20)23)13-16-7-5-14(2)6-8-16/h5-12H,4,13H2,1-3H3,(H,24,28)(H,25,29). The highest BCUT2D eigenvalue weighted by molar-refractivity contribution is 6.33. The normalized spacial score (nSPS) is 10.6. The molecule has 2 N–H and O–H groups in total. The summed E-state index contributed by atoms with van der Waals surface area (Å²) >= 11 is 6.46. The predicted octanol–water partition coefficient (Wildman–Crippen LogP) is 4.80. The Kier molecular flexibility index (Phi) is 6.34. The molecular weight excluding hydrogens is 388 g/mol. The molecule has 1 heterocycles. The molecule has 0 atom stereocenters. The quantitative estimate of drug-likeness (QED) is 0.612. The van der Waals surface area contributed by atoms with E-state index in [-0.39, 0.29) is 11.8 Å². The monoisotopic (exact) mass is 410 g/mol. The van der Waals surface area contributed by atoms with Crippen molar-refractivity contribution >= 4 is 34.8 Å². The van der Waals surface area contributed by atoms with E-state index in [2.05, 4.69) is 15.7 Å². The molecule has 3 aromatic rings. The van der Waals surface area contributed by atoms with Crippen molar-refractivity contribution in [3.8, 4) is 0 Å². The Morgan fingerprint density at radius 2 is 1.55 bits per heavy atom. The summed E-state index contributed by atoms with van der Waals surface area (Å²) in [6.07, 6.45) is 0.406. The number of hydrogen-bond donors (Lipinski definition) is 2. The van der Waals surface area contributed by atoms with Gasteiger partial charge in [0.1, 0.15) is 5.15 Å². The van der Waals surface area contributed by atoms with Crippen LogP contribution in [0.2, 0.25) is 5.15 Å². The fraction of sp³-hybridized carbons (Fsp3) is 0.227. The number of hydrogen-bond acceptors (Lipinski definition) is 3. The molecule has 0 spiro atoms. The lowest BCUT2D eigenvalue weighted by atomic mass is 10.1. The molecule has 0 unspecified atom stereocenters. The number of carbonyl (C=O) groups is 2. The highest BCUT2D eigenvalue weighted by atomic mass is 35.5. The molecule has 0 aliphatic carbocycles. The Morgan fingerprint density at radius 3 is 2.14 bits per heavy atom. The number of benzene rings is 2. The van der Waals surface area contributed by atoms with Crippen LogP contribution in [0.25, 0.3) is 0 Å². The van der Waals surface area contributed by atoms with Crippen molar-refractivity contribution in [3.05, 3.63) is 76.1 Å². The fourth-order valence-corrected chi connectivity index (χ4v) is 3.18. The molecule has 0 fully saturated rings. The number of nitrogens with one attached hydrogen (secondary N) is 2. The van der Waals surface area contributed by atoms with Crippen LogP contribution in [0.15, 0.2) is 48.5 Å². The van der Waals surface area contributed by atoms with Gasteiger partial charge >= 0.3 is 0 Å². The predicted molar refractivity (Wildman–Crippen MR) is 116 cm³/mol. The van der Waals surface area contributed by atoms with Gasteiger partial charge in [0, 0.05) is 17.8 Å². The van der Waals surface area contributed by atoms with Crippen LogP contribution in [0.1, 0.15) is 40.5 Å². The number of rotatable bonds is 6. The molecule has 6 nitrogen and oxygen atoms in total. The molecule has 1 aromatic heterocycles. The minimum atomic E-state index is -0.326. The van der Waals surface area contributed by atoms with Crippen LogP contribution in [-0.2, 0) is 11.3 Å². The van der Waals surface area contributed by atoms with E-state index < -0.39 is 0 Å². The summed E-state index contributed by atoms with van der Waals surface area (Å²) in [4.78, 5) is 24.2. The molecule has 0 aliphatic rings. The van der Waals surface area contributed by atoms with Gasteiger partial charge in [-0.15, -0.1) is 0 Å². The molecule has 0 aliphatic heterocycles. The highest BCUT2D eigenvalue weighted by Crippen LogP contribution is 2.23. The summed E-state index contributed by atoms with van der Waals surface area (Å²) in [5.74, 6) is -0.391. The summed E-state index contributed by atoms with van der Waals surface area (Å²) in [5, 5.41) is 10.3. The maximum atomic E-state index is 12.8. The second-order valence-electron chi connectivity index (χ2n) is 6.83. The van der Waals surface area contributed by atoms with Gasteiger partial charge in [-0.05, 0) is 43.7 Å². The van der Waals surface area contributed by atoms with E-state index in [0.29, 0.717) is 40.8 Å². The summed E-state index contributed by atoms with van der Waals surface area (Å²) in [6.45, 7) is 6.06. The third-order valence-corrected chi connectivity index (χ3v) is 4.88.